The van der Waals surface area contributed by atoms with Crippen molar-refractivity contribution < 1.29 is 13.7 Å². The van der Waals surface area contributed by atoms with Gasteiger partial charge in [-0.2, -0.15) is 4.98 Å². The maximum absolute atomic E-state index is 13.9. The van der Waals surface area contributed by atoms with Gasteiger partial charge in [0.05, 0.1) is 17.8 Å². The molecule has 1 fully saturated rings. The number of nitrogens with zero attached hydrogens (tertiary/aromatic N) is 6. The molecule has 1 aromatic carbocycles. The molecule has 0 spiro atoms. The summed E-state index contributed by atoms with van der Waals surface area (Å²) >= 11 is 0. The lowest BCUT2D eigenvalue weighted by Crippen LogP contribution is -2.41. The summed E-state index contributed by atoms with van der Waals surface area (Å²) in [7, 11) is 0. The molecule has 1 amide bonds. The Morgan fingerprint density at radius 1 is 1.35 bits per heavy atom. The summed E-state index contributed by atoms with van der Waals surface area (Å²) in [4.78, 5) is 18.4. The van der Waals surface area contributed by atoms with E-state index < -0.39 is 5.82 Å². The number of aryl methyl sites for hydroxylation is 1. The summed E-state index contributed by atoms with van der Waals surface area (Å²) in [5, 5.41) is 12.1. The Balaban J connectivity index is 1.51. The molecule has 1 aliphatic rings. The third-order valence-corrected chi connectivity index (χ3v) is 4.43. The Labute approximate surface area is 148 Å². The normalized spacial score (nSPS) is 17.5. The van der Waals surface area contributed by atoms with E-state index >= 15 is 0 Å². The van der Waals surface area contributed by atoms with Crippen LogP contribution in [0.2, 0.25) is 0 Å². The van der Waals surface area contributed by atoms with Gasteiger partial charge < -0.3 is 9.42 Å². The van der Waals surface area contributed by atoms with Crippen LogP contribution in [0.25, 0.3) is 11.5 Å². The molecule has 1 saturated heterocycles. The molecule has 0 unspecified atom stereocenters. The van der Waals surface area contributed by atoms with Crippen molar-refractivity contribution in [3.63, 3.8) is 0 Å². The van der Waals surface area contributed by atoms with Gasteiger partial charge in [0, 0.05) is 20.0 Å². The molecule has 26 heavy (non-hydrogen) atoms. The van der Waals surface area contributed by atoms with Gasteiger partial charge in [-0.3, -0.25) is 4.79 Å². The predicted molar refractivity (Wildman–Crippen MR) is 88.6 cm³/mol. The minimum atomic E-state index is -0.504. The molecule has 134 valence electrons. The molecule has 0 bridgehead atoms. The minimum absolute atomic E-state index is 0.0336. The molecule has 0 saturated carbocycles. The second-order valence-corrected chi connectivity index (χ2v) is 6.25. The SMILES string of the molecule is Cc1nc(-c2cn([C@@H]3CCCN(C(=O)c4ccccc4F)C3)nn2)no1. The van der Waals surface area contributed by atoms with Crippen LogP contribution in [0.5, 0.6) is 0 Å². The van der Waals surface area contributed by atoms with Crippen molar-refractivity contribution in [2.24, 2.45) is 0 Å². The van der Waals surface area contributed by atoms with Crippen LogP contribution in [0, 0.1) is 12.7 Å². The molecule has 0 N–H and O–H groups in total. The standard InChI is InChI=1S/C17H17FN6O2/c1-11-19-16(21-26-11)15-10-24(22-20-15)12-5-4-8-23(9-12)17(25)13-6-2-3-7-14(13)18/h2-3,6-7,10,12H,4-5,8-9H2,1H3/t12-/m1/s1. The van der Waals surface area contributed by atoms with Crippen molar-refractivity contribution in [1.82, 2.24) is 30.0 Å². The molecule has 3 heterocycles. The predicted octanol–water partition coefficient (Wildman–Crippen LogP) is 2.25. The number of hydrogen-bond acceptors (Lipinski definition) is 6. The smallest absolute Gasteiger partial charge is 0.256 e. The molecule has 0 aliphatic carbocycles. The van der Waals surface area contributed by atoms with Crippen LogP contribution in [-0.4, -0.2) is 49.0 Å². The van der Waals surface area contributed by atoms with Crippen LogP contribution in [0.3, 0.4) is 0 Å². The Bertz CT molecular complexity index is 937. The maximum atomic E-state index is 13.9. The molecule has 1 atom stereocenters. The van der Waals surface area contributed by atoms with Gasteiger partial charge in [-0.1, -0.05) is 22.5 Å². The number of carbonyl (C=O) groups excluding carboxylic acids is 1. The maximum Gasteiger partial charge on any atom is 0.256 e. The van der Waals surface area contributed by atoms with Gasteiger partial charge in [0.25, 0.3) is 5.91 Å². The number of carbonyl (C=O) groups is 1. The van der Waals surface area contributed by atoms with E-state index in [0.29, 0.717) is 30.5 Å². The van der Waals surface area contributed by atoms with E-state index in [0.717, 1.165) is 12.8 Å². The fraction of sp³-hybridized carbons (Fsp3) is 0.353. The molecular formula is C17H17FN6O2. The Morgan fingerprint density at radius 2 is 2.19 bits per heavy atom. The number of rotatable bonds is 3. The van der Waals surface area contributed by atoms with E-state index in [4.69, 9.17) is 4.52 Å². The van der Waals surface area contributed by atoms with Crippen LogP contribution in [0.1, 0.15) is 35.1 Å². The van der Waals surface area contributed by atoms with E-state index in [2.05, 4.69) is 20.5 Å². The van der Waals surface area contributed by atoms with Gasteiger partial charge in [-0.25, -0.2) is 9.07 Å². The Morgan fingerprint density at radius 3 is 2.96 bits per heavy atom. The Kier molecular flexibility index (Phi) is 4.19. The van der Waals surface area contributed by atoms with Crippen LogP contribution in [0.15, 0.2) is 35.0 Å². The monoisotopic (exact) mass is 356 g/mol. The molecule has 8 nitrogen and oxygen atoms in total. The highest BCUT2D eigenvalue weighted by molar-refractivity contribution is 5.94. The first-order valence-corrected chi connectivity index (χ1v) is 8.38. The van der Waals surface area contributed by atoms with E-state index in [9.17, 15) is 9.18 Å². The summed E-state index contributed by atoms with van der Waals surface area (Å²) in [5.74, 6) is 0.0230. The number of likely N-dealkylation sites (tertiary alicyclic amines) is 1. The molecule has 2 aromatic heterocycles. The summed E-state index contributed by atoms with van der Waals surface area (Å²) in [6.07, 6.45) is 3.41. The number of amides is 1. The van der Waals surface area contributed by atoms with Gasteiger partial charge >= 0.3 is 0 Å². The second kappa shape index (κ2) is 6.66. The van der Waals surface area contributed by atoms with Crippen molar-refractivity contribution in [3.8, 4) is 11.5 Å². The van der Waals surface area contributed by atoms with Crippen LogP contribution >= 0.6 is 0 Å². The van der Waals surface area contributed by atoms with Crippen LogP contribution in [0.4, 0.5) is 4.39 Å². The van der Waals surface area contributed by atoms with Crippen molar-refractivity contribution in [2.45, 2.75) is 25.8 Å². The van der Waals surface area contributed by atoms with Crippen LogP contribution in [-0.2, 0) is 0 Å². The third-order valence-electron chi connectivity index (χ3n) is 4.43. The highest BCUT2D eigenvalue weighted by Gasteiger charge is 2.28. The van der Waals surface area contributed by atoms with Crippen molar-refractivity contribution in [1.29, 1.82) is 0 Å². The molecule has 4 rings (SSSR count). The summed E-state index contributed by atoms with van der Waals surface area (Å²) in [5.41, 5.74) is 0.606. The number of benzene rings is 1. The lowest BCUT2D eigenvalue weighted by Gasteiger charge is -2.32. The van der Waals surface area contributed by atoms with Gasteiger partial charge in [-0.15, -0.1) is 5.10 Å². The fourth-order valence-electron chi connectivity index (χ4n) is 3.12. The number of hydrogen-bond donors (Lipinski definition) is 0. The zero-order chi connectivity index (χ0) is 18.1. The lowest BCUT2D eigenvalue weighted by molar-refractivity contribution is 0.0667. The molecular weight excluding hydrogens is 339 g/mol. The Hall–Kier alpha value is -3.10. The number of piperidine rings is 1. The highest BCUT2D eigenvalue weighted by atomic mass is 19.1. The summed E-state index contributed by atoms with van der Waals surface area (Å²) in [6.45, 7) is 2.74. The zero-order valence-electron chi connectivity index (χ0n) is 14.2. The first-order valence-electron chi connectivity index (χ1n) is 8.38. The van der Waals surface area contributed by atoms with Crippen LogP contribution < -0.4 is 0 Å². The number of aromatic nitrogens is 5. The average molecular weight is 356 g/mol. The molecule has 0 radical (unpaired) electrons. The second-order valence-electron chi connectivity index (χ2n) is 6.25. The minimum Gasteiger partial charge on any atom is -0.339 e. The largest absolute Gasteiger partial charge is 0.339 e. The zero-order valence-corrected chi connectivity index (χ0v) is 14.2. The summed E-state index contributed by atoms with van der Waals surface area (Å²) < 4.78 is 20.6. The van der Waals surface area contributed by atoms with Crippen molar-refractivity contribution >= 4 is 5.91 Å². The van der Waals surface area contributed by atoms with E-state index in [1.165, 1.54) is 12.1 Å². The first kappa shape index (κ1) is 16.4. The van der Waals surface area contributed by atoms with Gasteiger partial charge in [0.1, 0.15) is 5.82 Å². The van der Waals surface area contributed by atoms with Gasteiger partial charge in [0.15, 0.2) is 5.69 Å². The number of halogens is 1. The average Bonchev–Trinajstić information content (AvgIpc) is 3.31. The van der Waals surface area contributed by atoms with Gasteiger partial charge in [0.2, 0.25) is 11.7 Å². The fourth-order valence-corrected chi connectivity index (χ4v) is 3.12. The summed E-state index contributed by atoms with van der Waals surface area (Å²) in [6, 6.07) is 6.00. The molecule has 9 heteroatoms. The van der Waals surface area contributed by atoms with E-state index in [-0.39, 0.29) is 17.5 Å². The highest BCUT2D eigenvalue weighted by Crippen LogP contribution is 2.24. The lowest BCUT2D eigenvalue weighted by atomic mass is 10.0. The molecule has 3 aromatic rings. The van der Waals surface area contributed by atoms with E-state index in [1.54, 1.807) is 34.8 Å². The first-order chi connectivity index (χ1) is 12.6. The van der Waals surface area contributed by atoms with Crippen molar-refractivity contribution in [2.75, 3.05) is 13.1 Å². The van der Waals surface area contributed by atoms with Crippen molar-refractivity contribution in [3.05, 3.63) is 47.7 Å². The molecule has 1 aliphatic heterocycles. The van der Waals surface area contributed by atoms with Gasteiger partial charge in [-0.05, 0) is 25.0 Å². The third kappa shape index (κ3) is 3.07. The quantitative estimate of drug-likeness (QED) is 0.715. The van der Waals surface area contributed by atoms with E-state index in [1.807, 2.05) is 0 Å². The topological polar surface area (TPSA) is 89.9 Å².